The van der Waals surface area contributed by atoms with Gasteiger partial charge in [0, 0.05) is 11.1 Å². The first-order valence-electron chi connectivity index (χ1n) is 11.0. The fraction of sp³-hybridized carbons (Fsp3) is 0.115. The van der Waals surface area contributed by atoms with E-state index in [1.807, 2.05) is 60.7 Å². The zero-order valence-electron chi connectivity index (χ0n) is 19.5. The van der Waals surface area contributed by atoms with Crippen molar-refractivity contribution in [2.24, 2.45) is 0 Å². The van der Waals surface area contributed by atoms with Crippen LogP contribution in [0.2, 0.25) is 0 Å². The van der Waals surface area contributed by atoms with Crippen LogP contribution in [0.25, 0.3) is 28.5 Å². The van der Waals surface area contributed by atoms with Crippen molar-refractivity contribution in [1.29, 1.82) is 0 Å². The molecule has 0 aliphatic rings. The quantitative estimate of drug-likeness (QED) is 0.297. The number of rotatable bonds is 8. The Bertz CT molecular complexity index is 1420. The van der Waals surface area contributed by atoms with Gasteiger partial charge in [-0.3, -0.25) is 0 Å². The van der Waals surface area contributed by atoms with E-state index in [1.54, 1.807) is 37.1 Å². The second-order valence-corrected chi connectivity index (χ2v) is 7.53. The van der Waals surface area contributed by atoms with Crippen molar-refractivity contribution >= 4 is 5.97 Å². The first kappa shape index (κ1) is 22.8. The average Bonchev–Trinajstić information content (AvgIpc) is 3.60. The molecule has 0 amide bonds. The summed E-state index contributed by atoms with van der Waals surface area (Å²) in [7, 11) is 3.10. The van der Waals surface area contributed by atoms with E-state index in [0.29, 0.717) is 28.7 Å². The van der Waals surface area contributed by atoms with Crippen LogP contribution in [0.1, 0.15) is 16.5 Å². The van der Waals surface area contributed by atoms with Crippen molar-refractivity contribution in [3.05, 3.63) is 90.6 Å². The minimum Gasteiger partial charge on any atom is -0.493 e. The number of carbonyl (C=O) groups excluding carboxylic acids is 1. The summed E-state index contributed by atoms with van der Waals surface area (Å²) in [4.78, 5) is 21.5. The Morgan fingerprint density at radius 3 is 2.31 bits per heavy atom. The van der Waals surface area contributed by atoms with Crippen LogP contribution >= 0.6 is 0 Å². The molecule has 0 aliphatic heterocycles. The van der Waals surface area contributed by atoms with Gasteiger partial charge in [0.1, 0.15) is 0 Å². The molecule has 0 fully saturated rings. The first-order valence-corrected chi connectivity index (χ1v) is 11.0. The number of aromatic nitrogens is 5. The molecule has 0 bridgehead atoms. The number of ether oxygens (including phenoxy) is 3. The predicted molar refractivity (Wildman–Crippen MR) is 129 cm³/mol. The summed E-state index contributed by atoms with van der Waals surface area (Å²) in [6.45, 7) is -0.236. The lowest BCUT2D eigenvalue weighted by Gasteiger charge is -2.07. The lowest BCUT2D eigenvalue weighted by molar-refractivity contribution is 0.0415. The molecule has 2 heterocycles. The van der Waals surface area contributed by atoms with Gasteiger partial charge in [0.15, 0.2) is 23.9 Å². The molecule has 10 nitrogen and oxygen atoms in total. The van der Waals surface area contributed by atoms with Crippen molar-refractivity contribution in [3.63, 3.8) is 0 Å². The van der Waals surface area contributed by atoms with E-state index in [2.05, 4.69) is 20.2 Å². The number of para-hydroxylation sites is 1. The smallest absolute Gasteiger partial charge is 0.378 e. The maximum atomic E-state index is 12.8. The summed E-state index contributed by atoms with van der Waals surface area (Å²) in [6, 6.07) is 24.1. The van der Waals surface area contributed by atoms with Crippen molar-refractivity contribution in [2.75, 3.05) is 14.2 Å². The summed E-state index contributed by atoms with van der Waals surface area (Å²) in [5, 5.41) is 8.35. The lowest BCUT2D eigenvalue weighted by atomic mass is 10.2. The van der Waals surface area contributed by atoms with Crippen LogP contribution in [-0.2, 0) is 11.3 Å². The zero-order chi connectivity index (χ0) is 24.9. The van der Waals surface area contributed by atoms with Gasteiger partial charge in [-0.25, -0.2) is 14.5 Å². The molecule has 3 aromatic carbocycles. The molecule has 5 rings (SSSR count). The fourth-order valence-corrected chi connectivity index (χ4v) is 3.52. The molecule has 0 saturated heterocycles. The molecule has 36 heavy (non-hydrogen) atoms. The summed E-state index contributed by atoms with van der Waals surface area (Å²) in [5.41, 5.74) is 2.23. The number of esters is 1. The van der Waals surface area contributed by atoms with E-state index in [1.165, 1.54) is 0 Å². The second kappa shape index (κ2) is 10.1. The van der Waals surface area contributed by atoms with Gasteiger partial charge >= 0.3 is 5.97 Å². The van der Waals surface area contributed by atoms with E-state index >= 15 is 0 Å². The third kappa shape index (κ3) is 4.64. The molecule has 5 aromatic rings. The predicted octanol–water partition coefficient (Wildman–Crippen LogP) is 4.36. The second-order valence-electron chi connectivity index (χ2n) is 7.53. The number of hydrogen-bond acceptors (Lipinski definition) is 9. The molecule has 0 saturated carbocycles. The maximum absolute atomic E-state index is 12.8. The Kier molecular flexibility index (Phi) is 6.39. The van der Waals surface area contributed by atoms with E-state index in [-0.39, 0.29) is 18.3 Å². The summed E-state index contributed by atoms with van der Waals surface area (Å²) in [6.07, 6.45) is 0. The lowest BCUT2D eigenvalue weighted by Crippen LogP contribution is -2.08. The van der Waals surface area contributed by atoms with Gasteiger partial charge in [-0.15, -0.1) is 5.10 Å². The van der Waals surface area contributed by atoms with Crippen LogP contribution in [0, 0.1) is 0 Å². The number of benzene rings is 3. The largest absolute Gasteiger partial charge is 0.493 e. The third-order valence-electron chi connectivity index (χ3n) is 5.26. The normalized spacial score (nSPS) is 10.7. The topological polar surface area (TPSA) is 114 Å². The molecule has 0 unspecified atom stereocenters. The zero-order valence-corrected chi connectivity index (χ0v) is 19.5. The minimum absolute atomic E-state index is 0.0858. The number of methoxy groups -OCH3 is 2. The number of carbonyl (C=O) groups is 1. The van der Waals surface area contributed by atoms with Gasteiger partial charge in [-0.2, -0.15) is 4.98 Å². The molecular weight excluding hydrogens is 462 g/mol. The van der Waals surface area contributed by atoms with Crippen LogP contribution < -0.4 is 9.47 Å². The Morgan fingerprint density at radius 2 is 1.58 bits per heavy atom. The van der Waals surface area contributed by atoms with E-state index in [0.717, 1.165) is 11.3 Å². The Balaban J connectivity index is 1.34. The fourth-order valence-electron chi connectivity index (χ4n) is 3.52. The van der Waals surface area contributed by atoms with Crippen molar-refractivity contribution in [2.45, 2.75) is 6.61 Å². The van der Waals surface area contributed by atoms with Crippen LogP contribution in [0.15, 0.2) is 83.4 Å². The highest BCUT2D eigenvalue weighted by molar-refractivity contribution is 5.86. The molecule has 2 aromatic heterocycles. The average molecular weight is 483 g/mol. The monoisotopic (exact) mass is 483 g/mol. The van der Waals surface area contributed by atoms with E-state index < -0.39 is 5.97 Å². The minimum atomic E-state index is -0.715. The molecule has 0 atom stereocenters. The van der Waals surface area contributed by atoms with Crippen molar-refractivity contribution in [1.82, 2.24) is 24.9 Å². The molecule has 180 valence electrons. The van der Waals surface area contributed by atoms with Gasteiger partial charge in [-0.05, 0) is 30.3 Å². The molecule has 0 radical (unpaired) electrons. The van der Waals surface area contributed by atoms with Gasteiger partial charge in [0.2, 0.25) is 5.82 Å². The van der Waals surface area contributed by atoms with Gasteiger partial charge in [0.05, 0.1) is 19.9 Å². The molecule has 10 heteroatoms. The number of hydrogen-bond donors (Lipinski definition) is 0. The summed E-state index contributed by atoms with van der Waals surface area (Å²) >= 11 is 0. The summed E-state index contributed by atoms with van der Waals surface area (Å²) < 4.78 is 22.8. The van der Waals surface area contributed by atoms with Crippen molar-refractivity contribution in [3.8, 4) is 40.0 Å². The molecule has 0 N–H and O–H groups in total. The SMILES string of the molecule is COc1ccc(-c2noc(COC(=O)c3nc(-c4ccccc4)n(-c4ccccc4)n3)n2)cc1OC. The van der Waals surface area contributed by atoms with Gasteiger partial charge < -0.3 is 18.7 Å². The molecule has 0 spiro atoms. The highest BCUT2D eigenvalue weighted by Crippen LogP contribution is 2.31. The Labute approximate surface area is 206 Å². The Hall–Kier alpha value is -4.99. The van der Waals surface area contributed by atoms with Crippen molar-refractivity contribution < 1.29 is 23.5 Å². The summed E-state index contributed by atoms with van der Waals surface area (Å²) in [5.74, 6) is 1.27. The highest BCUT2D eigenvalue weighted by atomic mass is 16.6. The van der Waals surface area contributed by atoms with Gasteiger partial charge in [-0.1, -0.05) is 53.7 Å². The number of nitrogens with zero attached hydrogens (tertiary/aromatic N) is 5. The maximum Gasteiger partial charge on any atom is 0.378 e. The highest BCUT2D eigenvalue weighted by Gasteiger charge is 2.21. The first-order chi connectivity index (χ1) is 17.7. The van der Waals surface area contributed by atoms with E-state index in [4.69, 9.17) is 18.7 Å². The third-order valence-corrected chi connectivity index (χ3v) is 5.26. The van der Waals surface area contributed by atoms with Crippen LogP contribution in [-0.4, -0.2) is 45.1 Å². The standard InChI is InChI=1S/C26H21N5O5/c1-33-20-14-13-18(15-21(20)34-2)23-27-22(36-30-23)16-35-26(32)24-28-25(17-9-5-3-6-10-17)31(29-24)19-11-7-4-8-12-19/h3-15H,16H2,1-2H3. The molecular formula is C26H21N5O5. The van der Waals surface area contributed by atoms with Crippen LogP contribution in [0.4, 0.5) is 0 Å². The molecule has 0 aliphatic carbocycles. The van der Waals surface area contributed by atoms with E-state index in [9.17, 15) is 4.79 Å². The van der Waals surface area contributed by atoms with Crippen LogP contribution in [0.3, 0.4) is 0 Å². The van der Waals surface area contributed by atoms with Gasteiger partial charge in [0.25, 0.3) is 11.7 Å². The van der Waals surface area contributed by atoms with Crippen LogP contribution in [0.5, 0.6) is 11.5 Å². The Morgan fingerprint density at radius 1 is 0.861 bits per heavy atom.